The van der Waals surface area contributed by atoms with Crippen molar-refractivity contribution in [3.8, 4) is 0 Å². The predicted molar refractivity (Wildman–Crippen MR) is 150 cm³/mol. The van der Waals surface area contributed by atoms with E-state index in [9.17, 15) is 28.5 Å². The van der Waals surface area contributed by atoms with Crippen LogP contribution in [0.4, 0.5) is 0 Å². The third-order valence-corrected chi connectivity index (χ3v) is 9.78. The smallest absolute Gasteiger partial charge is 0.370 e. The Morgan fingerprint density at radius 1 is 1.04 bits per heavy atom. The van der Waals surface area contributed by atoms with E-state index in [2.05, 4.69) is 30.6 Å². The van der Waals surface area contributed by atoms with Gasteiger partial charge in [0, 0.05) is 19.9 Å². The topological polar surface area (TPSA) is 296 Å². The van der Waals surface area contributed by atoms with Crippen molar-refractivity contribution in [2.24, 2.45) is 31.4 Å². The van der Waals surface area contributed by atoms with E-state index in [1.54, 1.807) is 0 Å². The van der Waals surface area contributed by atoms with Crippen LogP contribution in [-0.2, 0) is 46.3 Å². The molecule has 6 aliphatic heterocycles. The Balaban J connectivity index is 1.17. The molecule has 45 heavy (non-hydrogen) atoms. The van der Waals surface area contributed by atoms with Gasteiger partial charge in [-0.2, -0.15) is 0 Å². The molecule has 3 fully saturated rings. The lowest BCUT2D eigenvalue weighted by molar-refractivity contribution is -0.123. The molecule has 0 bridgehead atoms. The third kappa shape index (κ3) is 6.61. The number of fused-ring (bicyclic) bond motifs is 3. The van der Waals surface area contributed by atoms with Crippen molar-refractivity contribution in [3.05, 3.63) is 0 Å². The summed E-state index contributed by atoms with van der Waals surface area (Å²) in [5, 5.41) is 5.03. The number of carbonyl (C=O) groups is 2. The summed E-state index contributed by atoms with van der Waals surface area (Å²) in [4.78, 5) is 64.7. The quantitative estimate of drug-likeness (QED) is 0.0727. The lowest BCUT2D eigenvalue weighted by Gasteiger charge is -2.31. The van der Waals surface area contributed by atoms with Crippen molar-refractivity contribution < 1.29 is 56.1 Å². The van der Waals surface area contributed by atoms with Crippen molar-refractivity contribution in [1.29, 1.82) is 0 Å². The molecule has 0 radical (unpaired) electrons. The summed E-state index contributed by atoms with van der Waals surface area (Å²) in [7, 11) is -8.05. The maximum Gasteiger partial charge on any atom is 0.472 e. The maximum absolute atomic E-state index is 13.1. The molecule has 0 aromatic carbocycles. The van der Waals surface area contributed by atoms with Gasteiger partial charge in [0.2, 0.25) is 0 Å². The first kappa shape index (κ1) is 31.9. The average molecular weight is 678 g/mol. The fourth-order valence-electron chi connectivity index (χ4n) is 5.62. The number of hydrogen-bond acceptors (Lipinski definition) is 17. The molecule has 24 heteroatoms. The molecule has 0 spiro atoms. The van der Waals surface area contributed by atoms with E-state index < -0.39 is 96.1 Å². The van der Waals surface area contributed by atoms with Crippen LogP contribution in [-0.4, -0.2) is 138 Å². The summed E-state index contributed by atoms with van der Waals surface area (Å²) < 4.78 is 59.5. The number of guanidine groups is 2. The highest BCUT2D eigenvalue weighted by Gasteiger charge is 2.51. The fraction of sp³-hybridized carbons (Fsp3) is 0.714. The Morgan fingerprint density at radius 3 is 2.20 bits per heavy atom. The number of nitrogens with one attached hydrogen (secondary N) is 2. The molecule has 0 aromatic heterocycles. The van der Waals surface area contributed by atoms with E-state index in [1.807, 2.05) is 0 Å². The van der Waals surface area contributed by atoms with E-state index in [0.717, 1.165) is 0 Å². The first-order valence-corrected chi connectivity index (χ1v) is 16.7. The Labute approximate surface area is 255 Å². The summed E-state index contributed by atoms with van der Waals surface area (Å²) in [5.41, 5.74) is 11.5. The zero-order valence-corrected chi connectivity index (χ0v) is 25.3. The van der Waals surface area contributed by atoms with Gasteiger partial charge in [0.05, 0.1) is 25.9 Å². The molecule has 8 N–H and O–H groups in total. The van der Waals surface area contributed by atoms with Crippen LogP contribution in [0.5, 0.6) is 0 Å². The number of nitrogens with two attached hydrogens (primary N) is 2. The molecule has 0 saturated carbocycles. The number of nitrogens with zero attached hydrogens (tertiary/aromatic N) is 6. The molecule has 0 aliphatic carbocycles. The number of ether oxygens (including phenoxy) is 2. The van der Waals surface area contributed by atoms with E-state index in [0.29, 0.717) is 6.29 Å². The number of hydrogen-bond donors (Lipinski definition) is 6. The summed E-state index contributed by atoms with van der Waals surface area (Å²) in [5.74, 6) is -0.567. The molecule has 12 atom stereocenters. The van der Waals surface area contributed by atoms with Gasteiger partial charge in [-0.25, -0.2) is 19.1 Å². The Hall–Kier alpha value is -3.04. The van der Waals surface area contributed by atoms with Crippen molar-refractivity contribution in [1.82, 2.24) is 20.4 Å². The zero-order valence-electron chi connectivity index (χ0n) is 23.5. The molecule has 0 aromatic rings. The first-order chi connectivity index (χ1) is 21.4. The zero-order chi connectivity index (χ0) is 32.1. The minimum Gasteiger partial charge on any atom is -0.370 e. The Kier molecular flexibility index (Phi) is 8.72. The molecule has 3 saturated heterocycles. The molecule has 6 rings (SSSR count). The second-order valence-electron chi connectivity index (χ2n) is 10.6. The SMILES string of the molecule is CN/C(N)=N\C1C(C=O)N=CN1[C@H]1C[C@@H]2OP(=O)(O)OC[C@H]3O[C@@H](N4C=NC5C(=O)NC(N)=NC54)C[C@@H]3OP(=O)(O)OC[C@H]2O1. The Morgan fingerprint density at radius 2 is 1.62 bits per heavy atom. The minimum atomic E-state index is -4.79. The van der Waals surface area contributed by atoms with Crippen molar-refractivity contribution in [2.45, 2.75) is 74.1 Å². The maximum atomic E-state index is 13.1. The Bertz CT molecular complexity index is 1420. The molecule has 22 nitrogen and oxygen atoms in total. The first-order valence-electron chi connectivity index (χ1n) is 13.7. The van der Waals surface area contributed by atoms with Gasteiger partial charge < -0.3 is 50.6 Å². The fourth-order valence-corrected chi connectivity index (χ4v) is 7.54. The van der Waals surface area contributed by atoms with Gasteiger partial charge in [-0.15, -0.1) is 0 Å². The van der Waals surface area contributed by atoms with Crippen LogP contribution in [0.25, 0.3) is 0 Å². The van der Waals surface area contributed by atoms with Gasteiger partial charge >= 0.3 is 15.6 Å². The van der Waals surface area contributed by atoms with Gasteiger partial charge in [-0.1, -0.05) is 0 Å². The number of aliphatic imine (C=N–C) groups is 4. The molecule has 6 unspecified atom stereocenters. The van der Waals surface area contributed by atoms with Crippen LogP contribution in [0, 0.1) is 0 Å². The minimum absolute atomic E-state index is 0.0194. The number of rotatable bonds is 4. The van der Waals surface area contributed by atoms with Crippen molar-refractivity contribution in [2.75, 3.05) is 20.3 Å². The monoisotopic (exact) mass is 678 g/mol. The summed E-state index contributed by atoms with van der Waals surface area (Å²) in [6.45, 7) is -1.20. The van der Waals surface area contributed by atoms with Crippen LogP contribution >= 0.6 is 15.6 Å². The van der Waals surface area contributed by atoms with Gasteiger partial charge in [0.1, 0.15) is 49.2 Å². The van der Waals surface area contributed by atoms with E-state index in [1.165, 1.54) is 29.5 Å². The van der Waals surface area contributed by atoms with Gasteiger partial charge in [-0.05, 0) is 0 Å². The molecule has 6 aliphatic rings. The molecular formula is C21H32N10O12P2. The molecule has 6 heterocycles. The van der Waals surface area contributed by atoms with Crippen molar-refractivity contribution in [3.63, 3.8) is 0 Å². The third-order valence-electron chi connectivity index (χ3n) is 7.76. The van der Waals surface area contributed by atoms with Crippen molar-refractivity contribution >= 4 is 52.4 Å². The van der Waals surface area contributed by atoms with Gasteiger partial charge in [-0.3, -0.25) is 38.2 Å². The normalized spacial score (nSPS) is 45.2. The lowest BCUT2D eigenvalue weighted by Crippen LogP contribution is -2.55. The van der Waals surface area contributed by atoms with Crippen LogP contribution in [0.3, 0.4) is 0 Å². The average Bonchev–Trinajstić information content (AvgIpc) is 3.75. The molecule has 248 valence electrons. The number of amides is 1. The standard InChI is InChI=1S/C21H32N10O12P2/c1-24-20(22)27-17-9(4-32)25-7-30(17)14-2-10-12(40-14)5-38-45(36,37)43-11-3-15(41-13(11)6-39-44(34,35)42-10)31-8-26-16-18(31)28-21(23)29-19(16)33/h4,7-18H,2-3,5-6H2,1H3,(H,34,35)(H,36,37)(H3,22,24,27)(H3,23,28,29,33)/t9?,10-,11-,12+,13+,14+,15+,16?,17?,18?/m0/s1. The van der Waals surface area contributed by atoms with Crippen LogP contribution in [0.1, 0.15) is 12.8 Å². The van der Waals surface area contributed by atoms with Crippen LogP contribution in [0.2, 0.25) is 0 Å². The van der Waals surface area contributed by atoms with E-state index in [-0.39, 0.29) is 24.8 Å². The summed E-state index contributed by atoms with van der Waals surface area (Å²) in [6, 6.07) is -1.81. The van der Waals surface area contributed by atoms with E-state index >= 15 is 0 Å². The van der Waals surface area contributed by atoms with E-state index in [4.69, 9.17) is 39.0 Å². The van der Waals surface area contributed by atoms with Gasteiger partial charge in [0.25, 0.3) is 5.91 Å². The number of phosphoric acid groups is 2. The number of aldehydes is 1. The highest BCUT2D eigenvalue weighted by Crippen LogP contribution is 2.52. The second-order valence-corrected chi connectivity index (χ2v) is 13.4. The largest absolute Gasteiger partial charge is 0.472 e. The highest BCUT2D eigenvalue weighted by molar-refractivity contribution is 7.47. The summed E-state index contributed by atoms with van der Waals surface area (Å²) in [6.07, 6.45) is -5.18. The second kappa shape index (κ2) is 12.3. The van der Waals surface area contributed by atoms with Crippen LogP contribution in [0.15, 0.2) is 20.0 Å². The van der Waals surface area contributed by atoms with Gasteiger partial charge in [0.15, 0.2) is 30.3 Å². The lowest BCUT2D eigenvalue weighted by atomic mass is 10.1. The molecular weight excluding hydrogens is 646 g/mol. The highest BCUT2D eigenvalue weighted by atomic mass is 31.2. The van der Waals surface area contributed by atoms with Crippen LogP contribution < -0.4 is 22.1 Å². The number of carbonyl (C=O) groups excluding carboxylic acids is 2. The summed E-state index contributed by atoms with van der Waals surface area (Å²) >= 11 is 0. The number of phosphoric ester groups is 2. The molecule has 1 amide bonds. The predicted octanol–water partition coefficient (Wildman–Crippen LogP) is -3.51.